The summed E-state index contributed by atoms with van der Waals surface area (Å²) in [5, 5.41) is 0. The van der Waals surface area contributed by atoms with E-state index in [9.17, 15) is 0 Å². The van der Waals surface area contributed by atoms with Crippen molar-refractivity contribution < 1.29 is 0 Å². The van der Waals surface area contributed by atoms with Crippen LogP contribution in [0.5, 0.6) is 0 Å². The molecule has 0 nitrogen and oxygen atoms in total. The molecule has 2 fully saturated rings. The molecule has 0 aromatic rings. The Morgan fingerprint density at radius 2 is 1.26 bits per heavy atom. The van der Waals surface area contributed by atoms with E-state index < -0.39 is 0 Å². The molecule has 0 aromatic heterocycles. The number of rotatable bonds is 1. The molecule has 0 aromatic carbocycles. The third kappa shape index (κ3) is 3.19. The third-order valence-electron chi connectivity index (χ3n) is 6.72. The fourth-order valence-electron chi connectivity index (χ4n) is 4.84. The third-order valence-corrected chi connectivity index (χ3v) is 6.72. The Morgan fingerprint density at radius 3 is 1.95 bits per heavy atom. The lowest BCUT2D eigenvalue weighted by molar-refractivity contribution is 0.107. The van der Waals surface area contributed by atoms with Crippen molar-refractivity contribution in [2.75, 3.05) is 0 Å². The lowest BCUT2D eigenvalue weighted by Crippen LogP contribution is -2.38. The molecule has 2 aliphatic carbocycles. The number of hydrogen-bond acceptors (Lipinski definition) is 0. The van der Waals surface area contributed by atoms with Crippen LogP contribution in [-0.4, -0.2) is 0 Å². The van der Waals surface area contributed by atoms with Gasteiger partial charge in [-0.2, -0.15) is 0 Å². The van der Waals surface area contributed by atoms with Crippen molar-refractivity contribution in [2.24, 2.45) is 41.4 Å². The van der Waals surface area contributed by atoms with Crippen molar-refractivity contribution >= 4 is 0 Å². The molecule has 111 valence electrons. The van der Waals surface area contributed by atoms with E-state index in [-0.39, 0.29) is 0 Å². The molecule has 0 bridgehead atoms. The standard InChI is InChI=1S/C19H35/c1-12-7-8-13(2)16(5)18(11-12)19-15(4)10-9-14(3)17(19)6/h12-17,19H,7-11H2,1-6H3. The van der Waals surface area contributed by atoms with E-state index in [1.165, 1.54) is 32.1 Å². The summed E-state index contributed by atoms with van der Waals surface area (Å²) in [5.74, 6) is 8.26. The molecule has 2 saturated carbocycles. The fourth-order valence-corrected chi connectivity index (χ4v) is 4.84. The SMILES string of the molecule is CC1CCC(C)C(C)[C](C2C(C)CCC(C)C2C)C1. The summed E-state index contributed by atoms with van der Waals surface area (Å²) < 4.78 is 0. The van der Waals surface area contributed by atoms with E-state index in [1.807, 2.05) is 5.92 Å². The first kappa shape index (κ1) is 15.4. The molecule has 0 N–H and O–H groups in total. The minimum absolute atomic E-state index is 0.852. The minimum Gasteiger partial charge on any atom is -0.0625 e. The molecule has 1 radical (unpaired) electrons. The summed E-state index contributed by atoms with van der Waals surface area (Å²) in [6.07, 6.45) is 7.20. The van der Waals surface area contributed by atoms with Gasteiger partial charge in [0.15, 0.2) is 0 Å². The molecular formula is C19H35. The molecule has 0 saturated heterocycles. The van der Waals surface area contributed by atoms with Gasteiger partial charge in [0.25, 0.3) is 0 Å². The van der Waals surface area contributed by atoms with E-state index in [1.54, 1.807) is 0 Å². The van der Waals surface area contributed by atoms with Gasteiger partial charge in [-0.05, 0) is 53.8 Å². The van der Waals surface area contributed by atoms with Crippen LogP contribution < -0.4 is 0 Å². The average Bonchev–Trinajstić information content (AvgIpc) is 2.49. The van der Waals surface area contributed by atoms with Crippen molar-refractivity contribution in [2.45, 2.75) is 73.6 Å². The van der Waals surface area contributed by atoms with Gasteiger partial charge in [0.2, 0.25) is 0 Å². The lowest BCUT2D eigenvalue weighted by Gasteiger charge is -2.46. The Balaban J connectivity index is 2.20. The smallest absolute Gasteiger partial charge is 0.0171 e. The molecule has 0 heteroatoms. The van der Waals surface area contributed by atoms with E-state index in [2.05, 4.69) is 41.5 Å². The Morgan fingerprint density at radius 1 is 0.684 bits per heavy atom. The van der Waals surface area contributed by atoms with Gasteiger partial charge in [0, 0.05) is 0 Å². The zero-order valence-electron chi connectivity index (χ0n) is 14.1. The highest BCUT2D eigenvalue weighted by Gasteiger charge is 2.42. The van der Waals surface area contributed by atoms with E-state index in [0.29, 0.717) is 0 Å². The van der Waals surface area contributed by atoms with Gasteiger partial charge in [-0.25, -0.2) is 0 Å². The van der Waals surface area contributed by atoms with Crippen LogP contribution in [0.3, 0.4) is 0 Å². The van der Waals surface area contributed by atoms with Crippen LogP contribution in [0, 0.1) is 47.3 Å². The summed E-state index contributed by atoms with van der Waals surface area (Å²) >= 11 is 0. The van der Waals surface area contributed by atoms with E-state index in [0.717, 1.165) is 41.4 Å². The van der Waals surface area contributed by atoms with Gasteiger partial charge >= 0.3 is 0 Å². The Hall–Kier alpha value is 0. The van der Waals surface area contributed by atoms with Crippen LogP contribution in [0.1, 0.15) is 73.6 Å². The zero-order valence-corrected chi connectivity index (χ0v) is 14.1. The van der Waals surface area contributed by atoms with Crippen LogP contribution in [0.2, 0.25) is 0 Å². The Kier molecular flexibility index (Phi) is 5.01. The normalized spacial score (nSPS) is 49.9. The predicted octanol–water partition coefficient (Wildman–Crippen LogP) is 5.97. The molecule has 7 atom stereocenters. The maximum atomic E-state index is 2.53. The molecule has 0 heterocycles. The molecule has 0 amide bonds. The van der Waals surface area contributed by atoms with Crippen molar-refractivity contribution in [3.05, 3.63) is 5.92 Å². The van der Waals surface area contributed by atoms with E-state index in [4.69, 9.17) is 0 Å². The highest BCUT2D eigenvalue weighted by atomic mass is 14.5. The molecule has 0 aliphatic heterocycles. The maximum Gasteiger partial charge on any atom is -0.0171 e. The predicted molar refractivity (Wildman–Crippen MR) is 84.8 cm³/mol. The zero-order chi connectivity index (χ0) is 14.2. The molecular weight excluding hydrogens is 228 g/mol. The van der Waals surface area contributed by atoms with Crippen molar-refractivity contribution in [1.82, 2.24) is 0 Å². The average molecular weight is 263 g/mol. The topological polar surface area (TPSA) is 0 Å². The van der Waals surface area contributed by atoms with Gasteiger partial charge < -0.3 is 0 Å². The van der Waals surface area contributed by atoms with Gasteiger partial charge in [0.05, 0.1) is 0 Å². The Labute approximate surface area is 121 Å². The first-order chi connectivity index (χ1) is 8.91. The van der Waals surface area contributed by atoms with Crippen molar-refractivity contribution in [3.63, 3.8) is 0 Å². The summed E-state index contributed by atoms with van der Waals surface area (Å²) in [7, 11) is 0. The van der Waals surface area contributed by atoms with Gasteiger partial charge in [-0.1, -0.05) is 67.2 Å². The van der Waals surface area contributed by atoms with Crippen LogP contribution in [0.25, 0.3) is 0 Å². The molecule has 2 aliphatic rings. The van der Waals surface area contributed by atoms with Crippen molar-refractivity contribution in [1.29, 1.82) is 0 Å². The number of hydrogen-bond donors (Lipinski definition) is 0. The van der Waals surface area contributed by atoms with Crippen LogP contribution in [0.15, 0.2) is 0 Å². The highest BCUT2D eigenvalue weighted by Crippen LogP contribution is 2.50. The fraction of sp³-hybridized carbons (Fsp3) is 0.947. The second kappa shape index (κ2) is 6.19. The first-order valence-electron chi connectivity index (χ1n) is 8.77. The minimum atomic E-state index is 0.852. The Bertz CT molecular complexity index is 282. The second-order valence-electron chi connectivity index (χ2n) is 8.14. The monoisotopic (exact) mass is 263 g/mol. The molecule has 7 unspecified atom stereocenters. The summed E-state index contributed by atoms with van der Waals surface area (Å²) in [6.45, 7) is 15.0. The van der Waals surface area contributed by atoms with Crippen LogP contribution in [-0.2, 0) is 0 Å². The molecule has 19 heavy (non-hydrogen) atoms. The van der Waals surface area contributed by atoms with Gasteiger partial charge in [0.1, 0.15) is 0 Å². The molecule has 0 spiro atoms. The van der Waals surface area contributed by atoms with Crippen LogP contribution in [0.4, 0.5) is 0 Å². The van der Waals surface area contributed by atoms with E-state index >= 15 is 0 Å². The lowest BCUT2D eigenvalue weighted by atomic mass is 9.59. The van der Waals surface area contributed by atoms with Gasteiger partial charge in [-0.3, -0.25) is 0 Å². The largest absolute Gasteiger partial charge is 0.0625 e. The maximum absolute atomic E-state index is 2.53. The highest BCUT2D eigenvalue weighted by molar-refractivity contribution is 5.08. The summed E-state index contributed by atoms with van der Waals surface area (Å²) in [6, 6.07) is 0. The summed E-state index contributed by atoms with van der Waals surface area (Å²) in [4.78, 5) is 0. The van der Waals surface area contributed by atoms with Crippen LogP contribution >= 0.6 is 0 Å². The summed E-state index contributed by atoms with van der Waals surface area (Å²) in [5.41, 5.74) is 0. The van der Waals surface area contributed by atoms with Gasteiger partial charge in [-0.15, -0.1) is 0 Å². The first-order valence-corrected chi connectivity index (χ1v) is 8.77. The quantitative estimate of drug-likeness (QED) is 0.511. The van der Waals surface area contributed by atoms with Crippen molar-refractivity contribution in [3.8, 4) is 0 Å². The molecule has 2 rings (SSSR count). The second-order valence-corrected chi connectivity index (χ2v) is 8.14.